The number of likely N-dealkylation sites (N-methyl/N-ethyl adjacent to an activating group) is 1. The zero-order chi connectivity index (χ0) is 18.1. The SMILES string of the molecule is CC(C)CCNC(N)=NCc1ccc(CN2CCCN(C)CC2)cc1.I. The Morgan fingerprint density at radius 1 is 1.12 bits per heavy atom. The molecule has 148 valence electrons. The highest BCUT2D eigenvalue weighted by atomic mass is 127. The summed E-state index contributed by atoms with van der Waals surface area (Å²) in [4.78, 5) is 9.39. The number of hydrogen-bond acceptors (Lipinski definition) is 3. The third-order valence-electron chi connectivity index (χ3n) is 4.70. The topological polar surface area (TPSA) is 56.9 Å². The van der Waals surface area contributed by atoms with Gasteiger partial charge in [-0.15, -0.1) is 24.0 Å². The first-order chi connectivity index (χ1) is 12.0. The van der Waals surface area contributed by atoms with E-state index in [-0.39, 0.29) is 24.0 Å². The second kappa shape index (κ2) is 12.5. The third kappa shape index (κ3) is 9.19. The van der Waals surface area contributed by atoms with E-state index in [0.717, 1.165) is 32.6 Å². The fourth-order valence-electron chi connectivity index (χ4n) is 2.99. The van der Waals surface area contributed by atoms with Gasteiger partial charge in [0.15, 0.2) is 5.96 Å². The smallest absolute Gasteiger partial charge is 0.188 e. The molecule has 1 saturated heterocycles. The maximum absolute atomic E-state index is 5.92. The predicted octanol–water partition coefficient (Wildman–Crippen LogP) is 2.89. The Hall–Kier alpha value is -0.860. The third-order valence-corrected chi connectivity index (χ3v) is 4.70. The molecule has 0 radical (unpaired) electrons. The predicted molar refractivity (Wildman–Crippen MR) is 122 cm³/mol. The van der Waals surface area contributed by atoms with Gasteiger partial charge in [0.05, 0.1) is 6.54 Å². The van der Waals surface area contributed by atoms with Crippen LogP contribution >= 0.6 is 24.0 Å². The van der Waals surface area contributed by atoms with Crippen LogP contribution in [0.25, 0.3) is 0 Å². The number of guanidine groups is 1. The Morgan fingerprint density at radius 3 is 2.50 bits per heavy atom. The highest BCUT2D eigenvalue weighted by molar-refractivity contribution is 14.0. The van der Waals surface area contributed by atoms with Crippen LogP contribution in [0.15, 0.2) is 29.3 Å². The first kappa shape index (κ1) is 23.2. The van der Waals surface area contributed by atoms with Gasteiger partial charge < -0.3 is 16.0 Å². The summed E-state index contributed by atoms with van der Waals surface area (Å²) in [6.45, 7) is 11.7. The molecule has 1 heterocycles. The molecule has 1 fully saturated rings. The quantitative estimate of drug-likeness (QED) is 0.363. The Bertz CT molecular complexity index is 530. The number of nitrogens with zero attached hydrogens (tertiary/aromatic N) is 3. The first-order valence-electron chi connectivity index (χ1n) is 9.55. The van der Waals surface area contributed by atoms with Crippen molar-refractivity contribution in [3.8, 4) is 0 Å². The van der Waals surface area contributed by atoms with E-state index < -0.39 is 0 Å². The second-order valence-electron chi connectivity index (χ2n) is 7.56. The van der Waals surface area contributed by atoms with Gasteiger partial charge in [0.1, 0.15) is 0 Å². The lowest BCUT2D eigenvalue weighted by molar-refractivity contribution is 0.269. The van der Waals surface area contributed by atoms with E-state index in [1.807, 2.05) is 0 Å². The molecule has 0 bridgehead atoms. The molecule has 0 amide bonds. The van der Waals surface area contributed by atoms with Gasteiger partial charge in [-0.1, -0.05) is 38.1 Å². The fourth-order valence-corrected chi connectivity index (χ4v) is 2.99. The van der Waals surface area contributed by atoms with Gasteiger partial charge in [-0.3, -0.25) is 4.90 Å². The maximum Gasteiger partial charge on any atom is 0.188 e. The molecule has 5 nitrogen and oxygen atoms in total. The highest BCUT2D eigenvalue weighted by Gasteiger charge is 2.12. The monoisotopic (exact) mass is 473 g/mol. The molecule has 3 N–H and O–H groups in total. The summed E-state index contributed by atoms with van der Waals surface area (Å²) in [5.74, 6) is 1.22. The number of halogens is 1. The van der Waals surface area contributed by atoms with Crippen LogP contribution in [0.3, 0.4) is 0 Å². The van der Waals surface area contributed by atoms with Crippen LogP contribution < -0.4 is 11.1 Å². The Balaban J connectivity index is 0.00000338. The van der Waals surface area contributed by atoms with E-state index in [4.69, 9.17) is 5.73 Å². The number of aliphatic imine (C=N–C) groups is 1. The molecule has 1 aliphatic heterocycles. The molecular weight excluding hydrogens is 437 g/mol. The summed E-state index contributed by atoms with van der Waals surface area (Å²) in [5, 5.41) is 3.18. The van der Waals surface area contributed by atoms with E-state index in [9.17, 15) is 0 Å². The minimum Gasteiger partial charge on any atom is -0.370 e. The molecule has 1 aliphatic rings. The molecule has 1 aromatic carbocycles. The Kier molecular flexibility index (Phi) is 11.2. The van der Waals surface area contributed by atoms with Crippen LogP contribution in [-0.4, -0.2) is 55.5 Å². The van der Waals surface area contributed by atoms with Crippen molar-refractivity contribution in [1.29, 1.82) is 0 Å². The minimum absolute atomic E-state index is 0. The molecule has 0 unspecified atom stereocenters. The zero-order valence-electron chi connectivity index (χ0n) is 16.6. The van der Waals surface area contributed by atoms with Gasteiger partial charge in [-0.2, -0.15) is 0 Å². The normalized spacial score (nSPS) is 17.0. The largest absolute Gasteiger partial charge is 0.370 e. The van der Waals surface area contributed by atoms with E-state index in [1.54, 1.807) is 0 Å². The zero-order valence-corrected chi connectivity index (χ0v) is 18.9. The van der Waals surface area contributed by atoms with Crippen LogP contribution in [0.2, 0.25) is 0 Å². The lowest BCUT2D eigenvalue weighted by Crippen LogP contribution is -2.32. The lowest BCUT2D eigenvalue weighted by Gasteiger charge is -2.20. The van der Waals surface area contributed by atoms with Gasteiger partial charge >= 0.3 is 0 Å². The van der Waals surface area contributed by atoms with Crippen molar-refractivity contribution < 1.29 is 0 Å². The summed E-state index contributed by atoms with van der Waals surface area (Å²) in [6.07, 6.45) is 2.36. The van der Waals surface area contributed by atoms with Crippen molar-refractivity contribution in [3.05, 3.63) is 35.4 Å². The van der Waals surface area contributed by atoms with Gasteiger partial charge in [0.2, 0.25) is 0 Å². The molecule has 0 aromatic heterocycles. The number of benzene rings is 1. The van der Waals surface area contributed by atoms with E-state index in [0.29, 0.717) is 18.4 Å². The van der Waals surface area contributed by atoms with Crippen molar-refractivity contribution in [2.24, 2.45) is 16.6 Å². The lowest BCUT2D eigenvalue weighted by atomic mass is 10.1. The number of hydrogen-bond donors (Lipinski definition) is 2. The average Bonchev–Trinajstić information content (AvgIpc) is 2.78. The second-order valence-corrected chi connectivity index (χ2v) is 7.56. The summed E-state index contributed by atoms with van der Waals surface area (Å²) < 4.78 is 0. The highest BCUT2D eigenvalue weighted by Crippen LogP contribution is 2.10. The van der Waals surface area contributed by atoms with Gasteiger partial charge in [0, 0.05) is 26.2 Å². The van der Waals surface area contributed by atoms with Crippen molar-refractivity contribution >= 4 is 29.9 Å². The van der Waals surface area contributed by atoms with Crippen LogP contribution in [-0.2, 0) is 13.1 Å². The summed E-state index contributed by atoms with van der Waals surface area (Å²) >= 11 is 0. The van der Waals surface area contributed by atoms with Crippen LogP contribution in [0, 0.1) is 5.92 Å². The van der Waals surface area contributed by atoms with Crippen LogP contribution in [0.4, 0.5) is 0 Å². The standard InChI is InChI=1S/C20H35N5.HI/c1-17(2)9-10-22-20(21)23-15-18-5-7-19(8-6-18)16-25-12-4-11-24(3)13-14-25;/h5-8,17H,4,9-16H2,1-3H3,(H3,21,22,23);1H. The Labute approximate surface area is 176 Å². The fraction of sp³-hybridized carbons (Fsp3) is 0.650. The van der Waals surface area contributed by atoms with Crippen LogP contribution in [0.5, 0.6) is 0 Å². The first-order valence-corrected chi connectivity index (χ1v) is 9.55. The van der Waals surface area contributed by atoms with Gasteiger partial charge in [-0.25, -0.2) is 4.99 Å². The summed E-state index contributed by atoms with van der Waals surface area (Å²) in [5.41, 5.74) is 8.49. The van der Waals surface area contributed by atoms with Gasteiger partial charge in [-0.05, 0) is 50.0 Å². The minimum atomic E-state index is 0. The number of nitrogens with one attached hydrogen (secondary N) is 1. The molecular formula is C20H36IN5. The molecule has 2 rings (SSSR count). The van der Waals surface area contributed by atoms with Crippen molar-refractivity contribution in [1.82, 2.24) is 15.1 Å². The molecule has 26 heavy (non-hydrogen) atoms. The average molecular weight is 473 g/mol. The molecule has 0 saturated carbocycles. The maximum atomic E-state index is 5.92. The van der Waals surface area contributed by atoms with Crippen molar-refractivity contribution in [3.63, 3.8) is 0 Å². The van der Waals surface area contributed by atoms with E-state index in [1.165, 1.54) is 30.6 Å². The molecule has 0 aliphatic carbocycles. The van der Waals surface area contributed by atoms with E-state index >= 15 is 0 Å². The van der Waals surface area contributed by atoms with Crippen molar-refractivity contribution in [2.45, 2.75) is 39.8 Å². The Morgan fingerprint density at radius 2 is 1.81 bits per heavy atom. The van der Waals surface area contributed by atoms with Crippen molar-refractivity contribution in [2.75, 3.05) is 39.8 Å². The molecule has 1 aromatic rings. The number of rotatable bonds is 7. The van der Waals surface area contributed by atoms with Gasteiger partial charge in [0.25, 0.3) is 0 Å². The van der Waals surface area contributed by atoms with Crippen LogP contribution in [0.1, 0.15) is 37.8 Å². The summed E-state index contributed by atoms with van der Waals surface area (Å²) in [6, 6.07) is 8.79. The van der Waals surface area contributed by atoms with E-state index in [2.05, 4.69) is 65.3 Å². The molecule has 0 spiro atoms. The summed E-state index contributed by atoms with van der Waals surface area (Å²) in [7, 11) is 2.21. The molecule has 0 atom stereocenters. The molecule has 6 heteroatoms. The number of nitrogens with two attached hydrogens (primary N) is 1.